The van der Waals surface area contributed by atoms with E-state index in [4.69, 9.17) is 16.3 Å². The molecule has 3 heterocycles. The Morgan fingerprint density at radius 2 is 2.22 bits per heavy atom. The van der Waals surface area contributed by atoms with Gasteiger partial charge in [-0.25, -0.2) is 0 Å². The van der Waals surface area contributed by atoms with Crippen molar-refractivity contribution in [1.82, 2.24) is 20.8 Å². The Labute approximate surface area is 163 Å². The van der Waals surface area contributed by atoms with E-state index < -0.39 is 0 Å². The van der Waals surface area contributed by atoms with Gasteiger partial charge in [0.1, 0.15) is 5.69 Å². The number of anilines is 1. The molecule has 2 unspecified atom stereocenters. The van der Waals surface area contributed by atoms with Crippen LogP contribution in [-0.2, 0) is 4.74 Å². The van der Waals surface area contributed by atoms with Crippen LogP contribution in [0.3, 0.4) is 0 Å². The van der Waals surface area contributed by atoms with E-state index >= 15 is 0 Å². The van der Waals surface area contributed by atoms with Crippen molar-refractivity contribution in [2.24, 2.45) is 0 Å². The Morgan fingerprint density at radius 1 is 1.37 bits per heavy atom. The second-order valence-corrected chi connectivity index (χ2v) is 7.46. The summed E-state index contributed by atoms with van der Waals surface area (Å²) in [4.78, 5) is 14.7. The topological polar surface area (TPSA) is 82.3 Å². The molecule has 2 aromatic rings. The maximum atomic E-state index is 12.4. The van der Waals surface area contributed by atoms with Crippen molar-refractivity contribution in [3.8, 4) is 0 Å². The van der Waals surface area contributed by atoms with Gasteiger partial charge < -0.3 is 20.3 Å². The standard InChI is InChI=1S/C19H24ClN5O2/c20-14-1-3-15(4-2-14)25-7-8-27-16(12-25)11-22-19(26)18-9-17(23-24-18)13-5-6-21-10-13/h1-4,9,13,16,21H,5-8,10-12H2,(H,22,26)(H,23,24). The minimum absolute atomic E-state index is 0.0594. The molecular formula is C19H24ClN5O2. The first kappa shape index (κ1) is 18.3. The number of rotatable bonds is 5. The van der Waals surface area contributed by atoms with E-state index in [2.05, 4.69) is 25.7 Å². The van der Waals surface area contributed by atoms with Crippen molar-refractivity contribution in [2.45, 2.75) is 18.4 Å². The molecule has 0 saturated carbocycles. The smallest absolute Gasteiger partial charge is 0.271 e. The van der Waals surface area contributed by atoms with Crippen LogP contribution in [0.25, 0.3) is 0 Å². The lowest BCUT2D eigenvalue weighted by atomic mass is 10.1. The van der Waals surface area contributed by atoms with Crippen molar-refractivity contribution in [3.63, 3.8) is 0 Å². The Bertz CT molecular complexity index is 773. The first-order valence-electron chi connectivity index (χ1n) is 9.35. The zero-order valence-electron chi connectivity index (χ0n) is 15.1. The number of hydrogen-bond donors (Lipinski definition) is 3. The molecule has 8 heteroatoms. The van der Waals surface area contributed by atoms with Crippen molar-refractivity contribution >= 4 is 23.2 Å². The molecule has 0 aliphatic carbocycles. The molecule has 1 aromatic carbocycles. The maximum absolute atomic E-state index is 12.4. The van der Waals surface area contributed by atoms with Gasteiger partial charge in [0.05, 0.1) is 12.7 Å². The molecule has 27 heavy (non-hydrogen) atoms. The van der Waals surface area contributed by atoms with Crippen LogP contribution in [0, 0.1) is 0 Å². The fourth-order valence-electron chi connectivity index (χ4n) is 3.61. The van der Waals surface area contributed by atoms with Gasteiger partial charge in [0, 0.05) is 48.5 Å². The van der Waals surface area contributed by atoms with Gasteiger partial charge in [-0.1, -0.05) is 11.6 Å². The number of aromatic amines is 1. The third kappa shape index (κ3) is 4.43. The lowest BCUT2D eigenvalue weighted by Gasteiger charge is -2.34. The lowest BCUT2D eigenvalue weighted by Crippen LogP contribution is -2.47. The van der Waals surface area contributed by atoms with Gasteiger partial charge >= 0.3 is 0 Å². The van der Waals surface area contributed by atoms with Crippen molar-refractivity contribution in [1.29, 1.82) is 0 Å². The number of amides is 1. The van der Waals surface area contributed by atoms with Crippen molar-refractivity contribution in [3.05, 3.63) is 46.7 Å². The van der Waals surface area contributed by atoms with Crippen molar-refractivity contribution in [2.75, 3.05) is 44.2 Å². The molecule has 2 saturated heterocycles. The number of halogens is 1. The normalized spacial score (nSPS) is 22.8. The molecule has 0 bridgehead atoms. The Hall–Kier alpha value is -2.09. The predicted octanol–water partition coefficient (Wildman–Crippen LogP) is 1.78. The number of nitrogens with zero attached hydrogens (tertiary/aromatic N) is 2. The molecule has 144 valence electrons. The maximum Gasteiger partial charge on any atom is 0.271 e. The summed E-state index contributed by atoms with van der Waals surface area (Å²) >= 11 is 5.96. The lowest BCUT2D eigenvalue weighted by molar-refractivity contribution is 0.0396. The van der Waals surface area contributed by atoms with Crippen LogP contribution in [0.15, 0.2) is 30.3 Å². The van der Waals surface area contributed by atoms with Crippen LogP contribution in [0.2, 0.25) is 5.02 Å². The monoisotopic (exact) mass is 389 g/mol. The minimum atomic E-state index is -0.171. The molecule has 7 nitrogen and oxygen atoms in total. The second kappa shape index (κ2) is 8.29. The van der Waals surface area contributed by atoms with Gasteiger partial charge in [-0.15, -0.1) is 0 Å². The fraction of sp³-hybridized carbons (Fsp3) is 0.474. The van der Waals surface area contributed by atoms with E-state index in [0.717, 1.165) is 49.0 Å². The molecule has 2 aliphatic rings. The third-order valence-corrected chi connectivity index (χ3v) is 5.40. The first-order valence-corrected chi connectivity index (χ1v) is 9.73. The van der Waals surface area contributed by atoms with E-state index in [0.29, 0.717) is 24.8 Å². The number of nitrogens with one attached hydrogen (secondary N) is 3. The molecule has 2 aliphatic heterocycles. The molecule has 2 atom stereocenters. The van der Waals surface area contributed by atoms with Crippen LogP contribution < -0.4 is 15.5 Å². The molecule has 1 aromatic heterocycles. The third-order valence-electron chi connectivity index (χ3n) is 5.15. The highest BCUT2D eigenvalue weighted by molar-refractivity contribution is 6.30. The van der Waals surface area contributed by atoms with Gasteiger partial charge in [-0.2, -0.15) is 5.10 Å². The summed E-state index contributed by atoms with van der Waals surface area (Å²) in [5.74, 6) is 0.240. The number of ether oxygens (including phenoxy) is 1. The average Bonchev–Trinajstić information content (AvgIpc) is 3.38. The van der Waals surface area contributed by atoms with E-state index in [9.17, 15) is 4.79 Å². The van der Waals surface area contributed by atoms with E-state index in [1.165, 1.54) is 0 Å². The average molecular weight is 390 g/mol. The SMILES string of the molecule is O=C(NCC1CN(c2ccc(Cl)cc2)CCO1)c1cc(C2CCNC2)[nH]n1. The molecule has 2 fully saturated rings. The molecule has 0 radical (unpaired) electrons. The fourth-order valence-corrected chi connectivity index (χ4v) is 3.73. The van der Waals surface area contributed by atoms with Gasteiger partial charge in [-0.3, -0.25) is 9.89 Å². The highest BCUT2D eigenvalue weighted by atomic mass is 35.5. The predicted molar refractivity (Wildman–Crippen MR) is 105 cm³/mol. The summed E-state index contributed by atoms with van der Waals surface area (Å²) in [5.41, 5.74) is 2.57. The molecule has 4 rings (SSSR count). The summed E-state index contributed by atoms with van der Waals surface area (Å²) in [6.07, 6.45) is 1.01. The summed E-state index contributed by atoms with van der Waals surface area (Å²) in [6.45, 7) is 4.57. The Morgan fingerprint density at radius 3 is 3.00 bits per heavy atom. The van der Waals surface area contributed by atoms with Crippen LogP contribution in [-0.4, -0.2) is 61.5 Å². The number of H-pyrrole nitrogens is 1. The Balaban J connectivity index is 1.30. The van der Waals surface area contributed by atoms with E-state index in [1.807, 2.05) is 30.3 Å². The van der Waals surface area contributed by atoms with Crippen LogP contribution in [0.1, 0.15) is 28.5 Å². The quantitative estimate of drug-likeness (QED) is 0.726. The second-order valence-electron chi connectivity index (χ2n) is 7.02. The summed E-state index contributed by atoms with van der Waals surface area (Å²) in [7, 11) is 0. The number of hydrogen-bond acceptors (Lipinski definition) is 5. The number of benzene rings is 1. The number of carbonyl (C=O) groups is 1. The number of carbonyl (C=O) groups excluding carboxylic acids is 1. The number of morpholine rings is 1. The summed E-state index contributed by atoms with van der Waals surface area (Å²) < 4.78 is 5.81. The highest BCUT2D eigenvalue weighted by Crippen LogP contribution is 2.21. The zero-order valence-corrected chi connectivity index (χ0v) is 15.8. The highest BCUT2D eigenvalue weighted by Gasteiger charge is 2.23. The zero-order chi connectivity index (χ0) is 18.6. The Kier molecular flexibility index (Phi) is 5.61. The first-order chi connectivity index (χ1) is 13.2. The van der Waals surface area contributed by atoms with Gasteiger partial charge in [-0.05, 0) is 43.3 Å². The minimum Gasteiger partial charge on any atom is -0.373 e. The molecule has 1 amide bonds. The van der Waals surface area contributed by atoms with Gasteiger partial charge in [0.25, 0.3) is 5.91 Å². The van der Waals surface area contributed by atoms with Crippen LogP contribution in [0.4, 0.5) is 5.69 Å². The summed E-state index contributed by atoms with van der Waals surface area (Å²) in [5, 5.41) is 14.2. The van der Waals surface area contributed by atoms with Crippen LogP contribution in [0.5, 0.6) is 0 Å². The largest absolute Gasteiger partial charge is 0.373 e. The van der Waals surface area contributed by atoms with Crippen molar-refractivity contribution < 1.29 is 9.53 Å². The molecule has 3 N–H and O–H groups in total. The van der Waals surface area contributed by atoms with Gasteiger partial charge in [0.15, 0.2) is 0 Å². The number of aromatic nitrogens is 2. The molecule has 0 spiro atoms. The van der Waals surface area contributed by atoms with E-state index in [-0.39, 0.29) is 12.0 Å². The van der Waals surface area contributed by atoms with Gasteiger partial charge in [0.2, 0.25) is 0 Å². The van der Waals surface area contributed by atoms with Crippen LogP contribution >= 0.6 is 11.6 Å². The van der Waals surface area contributed by atoms with E-state index in [1.54, 1.807) is 0 Å². The summed E-state index contributed by atoms with van der Waals surface area (Å²) in [6, 6.07) is 9.64. The molecular weight excluding hydrogens is 366 g/mol.